The summed E-state index contributed by atoms with van der Waals surface area (Å²) in [6.45, 7) is 4.44. The zero-order chi connectivity index (χ0) is 8.43. The van der Waals surface area contributed by atoms with E-state index in [1.807, 2.05) is 4.90 Å². The second kappa shape index (κ2) is 3.52. The van der Waals surface area contributed by atoms with Crippen molar-refractivity contribution in [3.63, 3.8) is 0 Å². The highest BCUT2D eigenvalue weighted by molar-refractivity contribution is 4.83. The van der Waals surface area contributed by atoms with Crippen LogP contribution in [0.25, 0.3) is 0 Å². The minimum Gasteiger partial charge on any atom is -0.392 e. The average Bonchev–Trinajstić information content (AvgIpc) is 2.32. The number of aliphatic hydroxyl groups is 2. The molecule has 1 fully saturated rings. The van der Waals surface area contributed by atoms with Crippen LogP contribution in [0, 0.1) is 0 Å². The molecule has 0 aromatic rings. The van der Waals surface area contributed by atoms with Crippen molar-refractivity contribution in [2.45, 2.75) is 45.1 Å². The van der Waals surface area contributed by atoms with Crippen molar-refractivity contribution in [1.29, 1.82) is 0 Å². The van der Waals surface area contributed by atoms with Gasteiger partial charge in [-0.25, -0.2) is 0 Å². The molecule has 0 aromatic heterocycles. The van der Waals surface area contributed by atoms with Gasteiger partial charge in [-0.1, -0.05) is 0 Å². The summed E-state index contributed by atoms with van der Waals surface area (Å²) in [5.74, 6) is 0. The molecule has 0 radical (unpaired) electrons. The normalized spacial score (nSPS) is 32.2. The monoisotopic (exact) mass is 159 g/mol. The molecule has 1 saturated heterocycles. The molecule has 11 heavy (non-hydrogen) atoms. The van der Waals surface area contributed by atoms with Gasteiger partial charge < -0.3 is 10.2 Å². The Labute approximate surface area is 67.6 Å². The molecule has 0 aromatic carbocycles. The minimum atomic E-state index is -0.419. The topological polar surface area (TPSA) is 43.7 Å². The van der Waals surface area contributed by atoms with E-state index in [4.69, 9.17) is 0 Å². The summed E-state index contributed by atoms with van der Waals surface area (Å²) in [5, 5.41) is 18.6. The minimum absolute atomic E-state index is 0.162. The van der Waals surface area contributed by atoms with Crippen molar-refractivity contribution in [1.82, 2.24) is 4.90 Å². The maximum Gasteiger partial charge on any atom is 0.104 e. The van der Waals surface area contributed by atoms with Crippen LogP contribution in [0.1, 0.15) is 26.7 Å². The van der Waals surface area contributed by atoms with Crippen molar-refractivity contribution in [2.75, 3.05) is 6.54 Å². The Hall–Kier alpha value is -0.120. The second-order valence-corrected chi connectivity index (χ2v) is 3.32. The van der Waals surface area contributed by atoms with Crippen molar-refractivity contribution >= 4 is 0 Å². The third-order valence-corrected chi connectivity index (χ3v) is 2.38. The van der Waals surface area contributed by atoms with Crippen LogP contribution in [-0.4, -0.2) is 40.0 Å². The molecule has 1 heterocycles. The molecule has 3 atom stereocenters. The van der Waals surface area contributed by atoms with Gasteiger partial charge in [0.05, 0.1) is 6.10 Å². The molecule has 3 nitrogen and oxygen atoms in total. The zero-order valence-corrected chi connectivity index (χ0v) is 7.20. The Balaban J connectivity index is 2.51. The maximum absolute atomic E-state index is 9.32. The van der Waals surface area contributed by atoms with Gasteiger partial charge in [-0.3, -0.25) is 4.90 Å². The van der Waals surface area contributed by atoms with E-state index < -0.39 is 6.23 Å². The average molecular weight is 159 g/mol. The van der Waals surface area contributed by atoms with Crippen LogP contribution in [0.15, 0.2) is 0 Å². The molecule has 0 aliphatic carbocycles. The van der Waals surface area contributed by atoms with E-state index in [9.17, 15) is 10.2 Å². The van der Waals surface area contributed by atoms with Crippen LogP contribution in [0.2, 0.25) is 0 Å². The molecule has 2 N–H and O–H groups in total. The quantitative estimate of drug-likeness (QED) is 0.603. The third-order valence-electron chi connectivity index (χ3n) is 2.38. The maximum atomic E-state index is 9.32. The summed E-state index contributed by atoms with van der Waals surface area (Å²) >= 11 is 0. The van der Waals surface area contributed by atoms with Crippen molar-refractivity contribution in [3.8, 4) is 0 Å². The molecule has 0 saturated carbocycles. The van der Waals surface area contributed by atoms with E-state index in [1.54, 1.807) is 13.8 Å². The van der Waals surface area contributed by atoms with Gasteiger partial charge in [0.1, 0.15) is 6.23 Å². The Kier molecular flexibility index (Phi) is 2.87. The number of aliphatic hydroxyl groups excluding tert-OH is 2. The molecular weight excluding hydrogens is 142 g/mol. The summed E-state index contributed by atoms with van der Waals surface area (Å²) < 4.78 is 0. The fourth-order valence-corrected chi connectivity index (χ4v) is 1.80. The van der Waals surface area contributed by atoms with Crippen LogP contribution in [0.3, 0.4) is 0 Å². The van der Waals surface area contributed by atoms with Gasteiger partial charge in [0, 0.05) is 12.6 Å². The fraction of sp³-hybridized carbons (Fsp3) is 1.00. The van der Waals surface area contributed by atoms with Gasteiger partial charge in [0.2, 0.25) is 0 Å². The fourth-order valence-electron chi connectivity index (χ4n) is 1.80. The predicted octanol–water partition coefficient (Wildman–Crippen LogP) is 0.170. The summed E-state index contributed by atoms with van der Waals surface area (Å²) in [4.78, 5) is 1.95. The van der Waals surface area contributed by atoms with Gasteiger partial charge in [-0.2, -0.15) is 0 Å². The molecule has 1 aliphatic heterocycles. The van der Waals surface area contributed by atoms with Crippen LogP contribution in [-0.2, 0) is 0 Å². The van der Waals surface area contributed by atoms with E-state index >= 15 is 0 Å². The van der Waals surface area contributed by atoms with E-state index in [0.29, 0.717) is 0 Å². The molecular formula is C8H17NO2. The number of nitrogens with zero attached hydrogens (tertiary/aromatic N) is 1. The number of rotatable bonds is 2. The summed E-state index contributed by atoms with van der Waals surface area (Å²) in [6.07, 6.45) is 1.34. The van der Waals surface area contributed by atoms with Crippen molar-refractivity contribution in [3.05, 3.63) is 0 Å². The number of hydrogen-bond donors (Lipinski definition) is 2. The first-order chi connectivity index (χ1) is 5.13. The van der Waals surface area contributed by atoms with E-state index in [1.165, 1.54) is 0 Å². The SMILES string of the molecule is CC(O)C1CCCN1C(C)O. The third kappa shape index (κ3) is 1.92. The Morgan fingerprint density at radius 3 is 2.36 bits per heavy atom. The Bertz CT molecular complexity index is 111. The van der Waals surface area contributed by atoms with Crippen LogP contribution in [0.5, 0.6) is 0 Å². The van der Waals surface area contributed by atoms with Crippen LogP contribution < -0.4 is 0 Å². The number of likely N-dealkylation sites (tertiary alicyclic amines) is 1. The number of hydrogen-bond acceptors (Lipinski definition) is 3. The summed E-state index contributed by atoms with van der Waals surface area (Å²) in [5.41, 5.74) is 0. The highest BCUT2D eigenvalue weighted by Crippen LogP contribution is 2.21. The summed E-state index contributed by atoms with van der Waals surface area (Å²) in [6, 6.07) is 0.162. The predicted molar refractivity (Wildman–Crippen MR) is 43.1 cm³/mol. The molecule has 0 bridgehead atoms. The Morgan fingerprint density at radius 2 is 2.00 bits per heavy atom. The zero-order valence-electron chi connectivity index (χ0n) is 7.20. The van der Waals surface area contributed by atoms with Crippen LogP contribution >= 0.6 is 0 Å². The highest BCUT2D eigenvalue weighted by atomic mass is 16.3. The lowest BCUT2D eigenvalue weighted by atomic mass is 10.1. The lowest BCUT2D eigenvalue weighted by Gasteiger charge is -2.28. The first kappa shape index (κ1) is 8.97. The first-order valence-corrected chi connectivity index (χ1v) is 4.25. The van der Waals surface area contributed by atoms with Gasteiger partial charge in [-0.15, -0.1) is 0 Å². The smallest absolute Gasteiger partial charge is 0.104 e. The molecule has 0 spiro atoms. The molecule has 3 heteroatoms. The lowest BCUT2D eigenvalue weighted by Crippen LogP contribution is -2.42. The second-order valence-electron chi connectivity index (χ2n) is 3.32. The lowest BCUT2D eigenvalue weighted by molar-refractivity contribution is -0.0259. The van der Waals surface area contributed by atoms with Gasteiger partial charge >= 0.3 is 0 Å². The van der Waals surface area contributed by atoms with E-state index in [0.717, 1.165) is 19.4 Å². The molecule has 1 aliphatic rings. The molecule has 66 valence electrons. The Morgan fingerprint density at radius 1 is 1.36 bits per heavy atom. The largest absolute Gasteiger partial charge is 0.392 e. The van der Waals surface area contributed by atoms with Gasteiger partial charge in [-0.05, 0) is 26.7 Å². The van der Waals surface area contributed by atoms with Gasteiger partial charge in [0.15, 0.2) is 0 Å². The van der Waals surface area contributed by atoms with E-state index in [2.05, 4.69) is 0 Å². The highest BCUT2D eigenvalue weighted by Gasteiger charge is 2.30. The van der Waals surface area contributed by atoms with Crippen molar-refractivity contribution < 1.29 is 10.2 Å². The van der Waals surface area contributed by atoms with Crippen molar-refractivity contribution in [2.24, 2.45) is 0 Å². The molecule has 3 unspecified atom stereocenters. The standard InChI is InChI=1S/C8H17NO2/c1-6(10)8-4-3-5-9(8)7(2)11/h6-8,10-11H,3-5H2,1-2H3. The molecule has 0 amide bonds. The molecule has 1 rings (SSSR count). The van der Waals surface area contributed by atoms with E-state index in [-0.39, 0.29) is 12.1 Å². The summed E-state index contributed by atoms with van der Waals surface area (Å²) in [7, 11) is 0. The van der Waals surface area contributed by atoms with Crippen LogP contribution in [0.4, 0.5) is 0 Å². The van der Waals surface area contributed by atoms with Gasteiger partial charge in [0.25, 0.3) is 0 Å². The first-order valence-electron chi connectivity index (χ1n) is 4.25.